The summed E-state index contributed by atoms with van der Waals surface area (Å²) in [6, 6.07) is 0. The lowest BCUT2D eigenvalue weighted by molar-refractivity contribution is -0.221. The SMILES string of the molecule is CCOC1OC(C(O)C(C)(C)O)CC1C1CC=C2C1(C)CCC1C3(C)CCC(OC(C)=O)C(C)(C)C3CC(O)C21C. The van der Waals surface area contributed by atoms with Crippen LogP contribution in [0.2, 0.25) is 0 Å². The molecule has 1 heterocycles. The number of fused-ring (bicyclic) bond motifs is 5. The van der Waals surface area contributed by atoms with Gasteiger partial charge in [-0.25, -0.2) is 0 Å². The van der Waals surface area contributed by atoms with E-state index >= 15 is 0 Å². The summed E-state index contributed by atoms with van der Waals surface area (Å²) in [4.78, 5) is 11.9. The highest BCUT2D eigenvalue weighted by molar-refractivity contribution is 5.66. The van der Waals surface area contributed by atoms with Crippen molar-refractivity contribution in [2.45, 2.75) is 144 Å². The molecule has 0 bridgehead atoms. The molecular weight excluding hydrogens is 520 g/mol. The highest BCUT2D eigenvalue weighted by atomic mass is 16.7. The minimum atomic E-state index is -1.26. The quantitative estimate of drug-likeness (QED) is 0.287. The van der Waals surface area contributed by atoms with Gasteiger partial charge >= 0.3 is 5.97 Å². The third-order valence-electron chi connectivity index (χ3n) is 13.1. The van der Waals surface area contributed by atoms with Crippen molar-refractivity contribution in [1.29, 1.82) is 0 Å². The molecule has 0 aromatic carbocycles. The third-order valence-corrected chi connectivity index (χ3v) is 13.1. The largest absolute Gasteiger partial charge is 0.462 e. The molecule has 1 aliphatic heterocycles. The molecule has 12 atom stereocenters. The molecular formula is C34H56O7. The summed E-state index contributed by atoms with van der Waals surface area (Å²) in [5, 5.41) is 33.5. The number of allylic oxidation sites excluding steroid dienone is 1. The van der Waals surface area contributed by atoms with E-state index < -0.39 is 30.2 Å². The number of esters is 1. The molecule has 41 heavy (non-hydrogen) atoms. The summed E-state index contributed by atoms with van der Waals surface area (Å²) in [6.45, 7) is 18.9. The van der Waals surface area contributed by atoms with Gasteiger partial charge in [0.2, 0.25) is 0 Å². The fourth-order valence-electron chi connectivity index (χ4n) is 11.1. The molecule has 3 saturated carbocycles. The summed E-state index contributed by atoms with van der Waals surface area (Å²) in [5.74, 6) is 0.754. The average molecular weight is 577 g/mol. The summed E-state index contributed by atoms with van der Waals surface area (Å²) >= 11 is 0. The van der Waals surface area contributed by atoms with E-state index in [9.17, 15) is 20.1 Å². The molecule has 4 fully saturated rings. The molecule has 5 rings (SSSR count). The predicted octanol–water partition coefficient (Wildman–Crippen LogP) is 5.39. The first kappa shape index (κ1) is 31.4. The average Bonchev–Trinajstić information content (AvgIpc) is 3.43. The first-order chi connectivity index (χ1) is 18.9. The number of hydrogen-bond donors (Lipinski definition) is 3. The molecule has 1 saturated heterocycles. The Morgan fingerprint density at radius 3 is 2.41 bits per heavy atom. The van der Waals surface area contributed by atoms with Crippen LogP contribution in [0.4, 0.5) is 0 Å². The van der Waals surface area contributed by atoms with Crippen LogP contribution >= 0.6 is 0 Å². The monoisotopic (exact) mass is 576 g/mol. The van der Waals surface area contributed by atoms with Gasteiger partial charge in [-0.15, -0.1) is 0 Å². The van der Waals surface area contributed by atoms with Crippen LogP contribution in [0, 0.1) is 45.3 Å². The third kappa shape index (κ3) is 4.67. The number of ether oxygens (including phenoxy) is 3. The minimum absolute atomic E-state index is 0.0423. The molecule has 0 radical (unpaired) electrons. The second kappa shape index (κ2) is 10.3. The van der Waals surface area contributed by atoms with Gasteiger partial charge in [-0.1, -0.05) is 46.3 Å². The summed E-state index contributed by atoms with van der Waals surface area (Å²) < 4.78 is 18.3. The molecule has 0 aromatic heterocycles. The molecule has 12 unspecified atom stereocenters. The predicted molar refractivity (Wildman–Crippen MR) is 157 cm³/mol. The summed E-state index contributed by atoms with van der Waals surface area (Å²) in [6.07, 6.45) is 6.15. The minimum Gasteiger partial charge on any atom is -0.462 e. The van der Waals surface area contributed by atoms with Crippen molar-refractivity contribution < 1.29 is 34.3 Å². The van der Waals surface area contributed by atoms with E-state index in [2.05, 4.69) is 40.7 Å². The number of carbonyl (C=O) groups is 1. The van der Waals surface area contributed by atoms with Crippen LogP contribution < -0.4 is 0 Å². The van der Waals surface area contributed by atoms with Gasteiger partial charge in [0.25, 0.3) is 0 Å². The van der Waals surface area contributed by atoms with Crippen molar-refractivity contribution in [2.24, 2.45) is 45.3 Å². The summed E-state index contributed by atoms with van der Waals surface area (Å²) in [5.41, 5.74) is -0.454. The van der Waals surface area contributed by atoms with Gasteiger partial charge in [-0.05, 0) is 94.3 Å². The molecule has 4 aliphatic carbocycles. The highest BCUT2D eigenvalue weighted by Crippen LogP contribution is 2.73. The van der Waals surface area contributed by atoms with Crippen molar-refractivity contribution in [1.82, 2.24) is 0 Å². The zero-order valence-corrected chi connectivity index (χ0v) is 26.9. The van der Waals surface area contributed by atoms with E-state index in [0.29, 0.717) is 25.4 Å². The normalized spacial score (nSPS) is 48.0. The Morgan fingerprint density at radius 1 is 1.12 bits per heavy atom. The van der Waals surface area contributed by atoms with Gasteiger partial charge in [-0.2, -0.15) is 0 Å². The Hall–Kier alpha value is -0.990. The Labute approximate surface area is 247 Å². The maximum absolute atomic E-state index is 12.1. The first-order valence-electron chi connectivity index (χ1n) is 16.2. The molecule has 234 valence electrons. The topological polar surface area (TPSA) is 105 Å². The molecule has 0 aromatic rings. The molecule has 0 spiro atoms. The smallest absolute Gasteiger partial charge is 0.302 e. The zero-order chi connectivity index (χ0) is 30.3. The van der Waals surface area contributed by atoms with Gasteiger partial charge in [0, 0.05) is 30.3 Å². The van der Waals surface area contributed by atoms with Crippen molar-refractivity contribution in [2.75, 3.05) is 6.61 Å². The fourth-order valence-corrected chi connectivity index (χ4v) is 11.1. The zero-order valence-electron chi connectivity index (χ0n) is 26.9. The molecule has 7 nitrogen and oxygen atoms in total. The molecule has 7 heteroatoms. The first-order valence-corrected chi connectivity index (χ1v) is 16.2. The van der Waals surface area contributed by atoms with Crippen LogP contribution in [0.15, 0.2) is 11.6 Å². The van der Waals surface area contributed by atoms with Crippen LogP contribution in [-0.2, 0) is 19.0 Å². The summed E-state index contributed by atoms with van der Waals surface area (Å²) in [7, 11) is 0. The van der Waals surface area contributed by atoms with Crippen molar-refractivity contribution in [3.8, 4) is 0 Å². The standard InChI is InChI=1S/C34H56O7/c1-10-39-29-20(17-22(41-29)28(37)31(5,6)38)21-11-12-23-32(21,7)15-13-24-33(8)16-14-27(40-19(2)35)30(3,4)25(33)18-26(36)34(23,24)9/h12,20-22,24-29,36-38H,10-11,13-18H2,1-9H3. The lowest BCUT2D eigenvalue weighted by atomic mass is 9.37. The maximum Gasteiger partial charge on any atom is 0.302 e. The van der Waals surface area contributed by atoms with E-state index in [1.807, 2.05) is 6.92 Å². The van der Waals surface area contributed by atoms with Gasteiger partial charge in [0.1, 0.15) is 12.2 Å². The molecule has 5 aliphatic rings. The lowest BCUT2D eigenvalue weighted by Crippen LogP contribution is -2.65. The van der Waals surface area contributed by atoms with Crippen LogP contribution in [0.3, 0.4) is 0 Å². The second-order valence-electron chi connectivity index (χ2n) is 16.0. The van der Waals surface area contributed by atoms with Crippen molar-refractivity contribution >= 4 is 5.97 Å². The van der Waals surface area contributed by atoms with Gasteiger partial charge in [-0.3, -0.25) is 4.79 Å². The van der Waals surface area contributed by atoms with E-state index in [0.717, 1.165) is 32.1 Å². The van der Waals surface area contributed by atoms with Gasteiger partial charge in [0.05, 0.1) is 17.8 Å². The molecule has 3 N–H and O–H groups in total. The van der Waals surface area contributed by atoms with Gasteiger partial charge < -0.3 is 29.5 Å². The van der Waals surface area contributed by atoms with Crippen LogP contribution in [0.1, 0.15) is 107 Å². The van der Waals surface area contributed by atoms with Crippen LogP contribution in [0.5, 0.6) is 0 Å². The van der Waals surface area contributed by atoms with Crippen molar-refractivity contribution in [3.63, 3.8) is 0 Å². The fraction of sp³-hybridized carbons (Fsp3) is 0.912. The van der Waals surface area contributed by atoms with Crippen molar-refractivity contribution in [3.05, 3.63) is 11.6 Å². The van der Waals surface area contributed by atoms with E-state index in [4.69, 9.17) is 14.2 Å². The highest BCUT2D eigenvalue weighted by Gasteiger charge is 2.69. The van der Waals surface area contributed by atoms with Crippen LogP contribution in [-0.4, -0.2) is 64.2 Å². The Balaban J connectivity index is 1.44. The number of aliphatic hydroxyl groups is 3. The number of aliphatic hydroxyl groups excluding tert-OH is 2. The Bertz CT molecular complexity index is 1050. The number of rotatable bonds is 6. The Morgan fingerprint density at radius 2 is 1.80 bits per heavy atom. The second-order valence-corrected chi connectivity index (χ2v) is 16.0. The number of carbonyl (C=O) groups excluding carboxylic acids is 1. The van der Waals surface area contributed by atoms with E-state index in [1.165, 1.54) is 12.5 Å². The number of hydrogen-bond acceptors (Lipinski definition) is 7. The molecule has 0 amide bonds. The Kier molecular flexibility index (Phi) is 7.89. The van der Waals surface area contributed by atoms with E-state index in [-0.39, 0.29) is 51.5 Å². The van der Waals surface area contributed by atoms with E-state index in [1.54, 1.807) is 13.8 Å². The van der Waals surface area contributed by atoms with Gasteiger partial charge in [0.15, 0.2) is 6.29 Å². The lowest BCUT2D eigenvalue weighted by Gasteiger charge is -2.68. The van der Waals surface area contributed by atoms with Crippen LogP contribution in [0.25, 0.3) is 0 Å². The maximum atomic E-state index is 12.1.